The van der Waals surface area contributed by atoms with Crippen LogP contribution in [0.5, 0.6) is 23.0 Å². The van der Waals surface area contributed by atoms with E-state index in [-0.39, 0.29) is 12.7 Å². The van der Waals surface area contributed by atoms with Crippen LogP contribution in [0.2, 0.25) is 0 Å². The molecule has 2 aromatic rings. The largest absolute Gasteiger partial charge is 0.497 e. The Kier molecular flexibility index (Phi) is 6.34. The quantitative estimate of drug-likeness (QED) is 0.605. The van der Waals surface area contributed by atoms with Gasteiger partial charge in [-0.1, -0.05) is 0 Å². The molecular formula is C22H22N2O6S. The Morgan fingerprint density at radius 1 is 1.10 bits per heavy atom. The number of thioether (sulfide) groups is 1. The monoisotopic (exact) mass is 442 g/mol. The van der Waals surface area contributed by atoms with Crippen molar-refractivity contribution in [2.24, 2.45) is 4.99 Å². The zero-order valence-electron chi connectivity index (χ0n) is 17.4. The molecule has 8 nitrogen and oxygen atoms in total. The highest BCUT2D eigenvalue weighted by Crippen LogP contribution is 2.41. The Hall–Kier alpha value is -3.17. The number of rotatable bonds is 7. The molecule has 0 unspecified atom stereocenters. The number of nitrogens with zero attached hydrogens (tertiary/aromatic N) is 2. The lowest BCUT2D eigenvalue weighted by atomic mass is 10.1. The van der Waals surface area contributed by atoms with Gasteiger partial charge in [-0.15, -0.1) is 0 Å². The van der Waals surface area contributed by atoms with Crippen LogP contribution < -0.4 is 18.9 Å². The molecule has 0 atom stereocenters. The lowest BCUT2D eigenvalue weighted by Crippen LogP contribution is -2.32. The van der Waals surface area contributed by atoms with Gasteiger partial charge in [0.05, 0.1) is 38.0 Å². The summed E-state index contributed by atoms with van der Waals surface area (Å²) in [5.74, 6) is 2.42. The van der Waals surface area contributed by atoms with Crippen molar-refractivity contribution in [3.05, 3.63) is 46.9 Å². The van der Waals surface area contributed by atoms with Gasteiger partial charge in [-0.2, -0.15) is 0 Å². The molecule has 2 aromatic carbocycles. The molecule has 1 amide bonds. The minimum Gasteiger partial charge on any atom is -0.497 e. The van der Waals surface area contributed by atoms with Crippen LogP contribution in [0.1, 0.15) is 5.56 Å². The van der Waals surface area contributed by atoms with Gasteiger partial charge in [0.1, 0.15) is 11.5 Å². The normalized spacial score (nSPS) is 17.6. The highest BCUT2D eigenvalue weighted by molar-refractivity contribution is 8.18. The number of amides is 1. The predicted molar refractivity (Wildman–Crippen MR) is 118 cm³/mol. The number of fused-ring (bicyclic) bond motifs is 1. The van der Waals surface area contributed by atoms with E-state index in [0.717, 1.165) is 17.0 Å². The number of aliphatic imine (C=N–C) groups is 1. The lowest BCUT2D eigenvalue weighted by molar-refractivity contribution is -0.122. The van der Waals surface area contributed by atoms with Crippen molar-refractivity contribution in [1.29, 1.82) is 0 Å². The van der Waals surface area contributed by atoms with Gasteiger partial charge in [0.25, 0.3) is 5.91 Å². The smallest absolute Gasteiger partial charge is 0.266 e. The van der Waals surface area contributed by atoms with Crippen molar-refractivity contribution in [2.45, 2.75) is 0 Å². The first-order chi connectivity index (χ1) is 15.1. The van der Waals surface area contributed by atoms with E-state index in [0.29, 0.717) is 40.5 Å². The molecule has 0 radical (unpaired) electrons. The number of amidine groups is 1. The van der Waals surface area contributed by atoms with Gasteiger partial charge in [-0.25, -0.2) is 4.99 Å². The highest BCUT2D eigenvalue weighted by atomic mass is 32.2. The molecular weight excluding hydrogens is 420 g/mol. The predicted octanol–water partition coefficient (Wildman–Crippen LogP) is 3.68. The van der Waals surface area contributed by atoms with Gasteiger partial charge in [-0.3, -0.25) is 9.69 Å². The van der Waals surface area contributed by atoms with E-state index < -0.39 is 0 Å². The fourth-order valence-electron chi connectivity index (χ4n) is 3.11. The molecule has 0 aromatic heterocycles. The maximum absolute atomic E-state index is 13.1. The molecule has 31 heavy (non-hydrogen) atoms. The molecule has 0 bridgehead atoms. The average molecular weight is 442 g/mol. The summed E-state index contributed by atoms with van der Waals surface area (Å²) in [5, 5.41) is 0.582. The van der Waals surface area contributed by atoms with Crippen LogP contribution in [-0.4, -0.2) is 57.2 Å². The summed E-state index contributed by atoms with van der Waals surface area (Å²) in [6, 6.07) is 10.9. The fourth-order valence-corrected chi connectivity index (χ4v) is 4.12. The second kappa shape index (κ2) is 9.32. The van der Waals surface area contributed by atoms with Crippen LogP contribution in [0, 0.1) is 0 Å². The van der Waals surface area contributed by atoms with Crippen molar-refractivity contribution in [2.75, 3.05) is 41.3 Å². The van der Waals surface area contributed by atoms with Crippen LogP contribution in [-0.2, 0) is 9.53 Å². The molecule has 2 aliphatic rings. The number of methoxy groups -OCH3 is 3. The summed E-state index contributed by atoms with van der Waals surface area (Å²) in [7, 11) is 4.78. The third kappa shape index (κ3) is 4.47. The number of carbonyl (C=O) groups excluding carboxylic acids is 1. The minimum atomic E-state index is -0.144. The van der Waals surface area contributed by atoms with Crippen LogP contribution in [0.4, 0.5) is 5.69 Å². The van der Waals surface area contributed by atoms with E-state index in [1.807, 2.05) is 24.3 Å². The van der Waals surface area contributed by atoms with E-state index >= 15 is 0 Å². The molecule has 0 aliphatic carbocycles. The first-order valence-electron chi connectivity index (χ1n) is 9.53. The van der Waals surface area contributed by atoms with Crippen molar-refractivity contribution in [3.63, 3.8) is 0 Å². The van der Waals surface area contributed by atoms with Crippen LogP contribution in [0.3, 0.4) is 0 Å². The van der Waals surface area contributed by atoms with E-state index in [9.17, 15) is 4.79 Å². The zero-order valence-corrected chi connectivity index (χ0v) is 18.2. The Morgan fingerprint density at radius 3 is 2.52 bits per heavy atom. The number of hydrogen-bond acceptors (Lipinski definition) is 8. The molecule has 162 valence electrons. The van der Waals surface area contributed by atoms with Crippen LogP contribution in [0.15, 0.2) is 46.3 Å². The molecule has 0 spiro atoms. The maximum atomic E-state index is 13.1. The standard InChI is InChI=1S/C22H22N2O6S/c1-26-9-8-24-21(25)20(31-22(24)23-15-4-6-16(27-2)7-5-15)11-14-10-18-19(30-13-29-18)12-17(14)28-3/h4-7,10-12H,8-9,13H2,1-3H3. The molecule has 9 heteroatoms. The lowest BCUT2D eigenvalue weighted by Gasteiger charge is -2.14. The van der Waals surface area contributed by atoms with Crippen molar-refractivity contribution in [3.8, 4) is 23.0 Å². The Morgan fingerprint density at radius 2 is 1.84 bits per heavy atom. The fraction of sp³-hybridized carbons (Fsp3) is 0.273. The van der Waals surface area contributed by atoms with Gasteiger partial charge < -0.3 is 23.7 Å². The third-order valence-corrected chi connectivity index (χ3v) is 5.72. The van der Waals surface area contributed by atoms with E-state index in [4.69, 9.17) is 23.7 Å². The SMILES string of the molecule is COCCN1C(=O)C(=Cc2cc3c(cc2OC)OCO3)SC1=Nc1ccc(OC)cc1. The summed E-state index contributed by atoms with van der Waals surface area (Å²) in [6.45, 7) is 0.956. The number of benzene rings is 2. The van der Waals surface area contributed by atoms with Gasteiger partial charge >= 0.3 is 0 Å². The zero-order chi connectivity index (χ0) is 21.8. The number of hydrogen-bond donors (Lipinski definition) is 0. The topological polar surface area (TPSA) is 78.8 Å². The van der Waals surface area contributed by atoms with E-state index in [1.54, 1.807) is 44.4 Å². The first kappa shape index (κ1) is 21.1. The maximum Gasteiger partial charge on any atom is 0.266 e. The van der Waals surface area contributed by atoms with Gasteiger partial charge in [0.2, 0.25) is 6.79 Å². The minimum absolute atomic E-state index is 0.144. The number of ether oxygens (including phenoxy) is 5. The third-order valence-electron chi connectivity index (χ3n) is 4.72. The van der Waals surface area contributed by atoms with E-state index in [1.165, 1.54) is 11.8 Å². The van der Waals surface area contributed by atoms with Gasteiger partial charge in [0, 0.05) is 18.7 Å². The van der Waals surface area contributed by atoms with Crippen molar-refractivity contribution < 1.29 is 28.5 Å². The summed E-state index contributed by atoms with van der Waals surface area (Å²) < 4.78 is 26.7. The average Bonchev–Trinajstić information content (AvgIpc) is 3.36. The Labute approximate surface area is 184 Å². The summed E-state index contributed by atoms with van der Waals surface area (Å²) in [4.78, 5) is 19.9. The first-order valence-corrected chi connectivity index (χ1v) is 10.4. The summed E-state index contributed by atoms with van der Waals surface area (Å²) in [6.07, 6.45) is 1.78. The molecule has 0 N–H and O–H groups in total. The molecule has 1 saturated heterocycles. The molecule has 2 heterocycles. The Bertz CT molecular complexity index is 1040. The van der Waals surface area contributed by atoms with Crippen LogP contribution in [0.25, 0.3) is 6.08 Å². The molecule has 4 rings (SSSR count). The van der Waals surface area contributed by atoms with Gasteiger partial charge in [0.15, 0.2) is 16.7 Å². The molecule has 1 fully saturated rings. The van der Waals surface area contributed by atoms with Crippen molar-refractivity contribution in [1.82, 2.24) is 4.90 Å². The van der Waals surface area contributed by atoms with E-state index in [2.05, 4.69) is 4.99 Å². The summed E-state index contributed by atoms with van der Waals surface area (Å²) >= 11 is 1.30. The number of carbonyl (C=O) groups is 1. The second-order valence-corrected chi connectivity index (χ2v) is 7.61. The van der Waals surface area contributed by atoms with Gasteiger partial charge in [-0.05, 0) is 48.2 Å². The Balaban J connectivity index is 1.67. The second-order valence-electron chi connectivity index (χ2n) is 6.60. The highest BCUT2D eigenvalue weighted by Gasteiger charge is 2.33. The molecule has 0 saturated carbocycles. The van der Waals surface area contributed by atoms with Crippen molar-refractivity contribution >= 4 is 34.6 Å². The van der Waals surface area contributed by atoms with Crippen LogP contribution >= 0.6 is 11.8 Å². The molecule has 2 aliphatic heterocycles. The summed E-state index contributed by atoms with van der Waals surface area (Å²) in [5.41, 5.74) is 1.44.